The van der Waals surface area contributed by atoms with Crippen molar-refractivity contribution < 1.29 is 14.6 Å². The van der Waals surface area contributed by atoms with Crippen LogP contribution in [-0.2, 0) is 11.2 Å². The van der Waals surface area contributed by atoms with Crippen LogP contribution in [0, 0.1) is 6.92 Å². The summed E-state index contributed by atoms with van der Waals surface area (Å²) in [5.74, 6) is 0.188. The van der Waals surface area contributed by atoms with Crippen LogP contribution in [0.25, 0.3) is 22.3 Å². The van der Waals surface area contributed by atoms with Crippen molar-refractivity contribution in [2.45, 2.75) is 33.1 Å². The van der Waals surface area contributed by atoms with Gasteiger partial charge in [0, 0.05) is 6.42 Å². The zero-order valence-electron chi connectivity index (χ0n) is 15.4. The number of carbonyl (C=O) groups is 1. The SMILES string of the molecule is CCCOc1ccc(CCC(=O)O)cc1-c1nc2c(C)cccc2c(=O)[nH]1. The molecule has 3 rings (SSSR count). The Labute approximate surface area is 156 Å². The lowest BCUT2D eigenvalue weighted by Gasteiger charge is -2.13. The third kappa shape index (κ3) is 4.16. The zero-order valence-corrected chi connectivity index (χ0v) is 15.4. The number of hydrogen-bond acceptors (Lipinski definition) is 4. The zero-order chi connectivity index (χ0) is 19.4. The fraction of sp³-hybridized carbons (Fsp3) is 0.286. The highest BCUT2D eigenvalue weighted by Crippen LogP contribution is 2.30. The molecule has 0 unspecified atom stereocenters. The molecule has 0 spiro atoms. The highest BCUT2D eigenvalue weighted by molar-refractivity contribution is 5.83. The predicted molar refractivity (Wildman–Crippen MR) is 104 cm³/mol. The van der Waals surface area contributed by atoms with Crippen LogP contribution in [-0.4, -0.2) is 27.7 Å². The Hall–Kier alpha value is -3.15. The number of ether oxygens (including phenoxy) is 1. The van der Waals surface area contributed by atoms with Gasteiger partial charge in [0.05, 0.1) is 23.1 Å². The molecular formula is C21H22N2O4. The summed E-state index contributed by atoms with van der Waals surface area (Å²) in [6.07, 6.45) is 1.28. The van der Waals surface area contributed by atoms with Crippen molar-refractivity contribution >= 4 is 16.9 Å². The summed E-state index contributed by atoms with van der Waals surface area (Å²) in [5.41, 5.74) is 2.86. The number of rotatable bonds is 7. The van der Waals surface area contributed by atoms with E-state index >= 15 is 0 Å². The Balaban J connectivity index is 2.13. The Morgan fingerprint density at radius 1 is 1.26 bits per heavy atom. The molecular weight excluding hydrogens is 344 g/mol. The molecule has 6 nitrogen and oxygen atoms in total. The molecule has 0 atom stereocenters. The number of carboxylic acid groups (broad SMARTS) is 1. The van der Waals surface area contributed by atoms with Crippen molar-refractivity contribution in [1.29, 1.82) is 0 Å². The lowest BCUT2D eigenvalue weighted by molar-refractivity contribution is -0.136. The predicted octanol–water partition coefficient (Wildman–Crippen LogP) is 3.70. The van der Waals surface area contributed by atoms with Gasteiger partial charge in [-0.25, -0.2) is 4.98 Å². The first-order valence-electron chi connectivity index (χ1n) is 8.97. The van der Waals surface area contributed by atoms with Crippen LogP contribution in [0.4, 0.5) is 0 Å². The standard InChI is InChI=1S/C21H22N2O4/c1-3-11-27-17-9-7-14(8-10-18(24)25)12-16(17)20-22-19-13(2)5-4-6-15(19)21(26)23-20/h4-7,9,12H,3,8,10-11H2,1-2H3,(H,24,25)(H,22,23,26). The Morgan fingerprint density at radius 2 is 2.07 bits per heavy atom. The molecule has 3 aromatic rings. The average Bonchev–Trinajstić information content (AvgIpc) is 2.65. The first kappa shape index (κ1) is 18.6. The van der Waals surface area contributed by atoms with Crippen molar-refractivity contribution in [1.82, 2.24) is 9.97 Å². The monoisotopic (exact) mass is 366 g/mol. The van der Waals surface area contributed by atoms with Gasteiger partial charge in [-0.1, -0.05) is 25.1 Å². The van der Waals surface area contributed by atoms with Gasteiger partial charge in [0.15, 0.2) is 0 Å². The van der Waals surface area contributed by atoms with Crippen molar-refractivity contribution in [3.8, 4) is 17.1 Å². The molecule has 0 aliphatic heterocycles. The van der Waals surface area contributed by atoms with E-state index < -0.39 is 5.97 Å². The number of carboxylic acids is 1. The number of benzene rings is 2. The first-order valence-corrected chi connectivity index (χ1v) is 8.97. The van der Waals surface area contributed by atoms with Crippen LogP contribution >= 0.6 is 0 Å². The second kappa shape index (κ2) is 8.03. The van der Waals surface area contributed by atoms with Crippen LogP contribution in [0.3, 0.4) is 0 Å². The average molecular weight is 366 g/mol. The number of nitrogens with one attached hydrogen (secondary N) is 1. The highest BCUT2D eigenvalue weighted by atomic mass is 16.5. The Bertz CT molecular complexity index is 1040. The second-order valence-electron chi connectivity index (χ2n) is 6.46. The fourth-order valence-corrected chi connectivity index (χ4v) is 2.94. The summed E-state index contributed by atoms with van der Waals surface area (Å²) >= 11 is 0. The molecule has 2 aromatic carbocycles. The van der Waals surface area contributed by atoms with Gasteiger partial charge in [0.2, 0.25) is 0 Å². The lowest BCUT2D eigenvalue weighted by Crippen LogP contribution is -2.11. The van der Waals surface area contributed by atoms with Gasteiger partial charge in [0.25, 0.3) is 5.56 Å². The molecule has 140 valence electrons. The van der Waals surface area contributed by atoms with Crippen LogP contribution in [0.15, 0.2) is 41.2 Å². The summed E-state index contributed by atoms with van der Waals surface area (Å²) in [7, 11) is 0. The van der Waals surface area contributed by atoms with Crippen molar-refractivity contribution in [3.05, 3.63) is 57.9 Å². The Kier molecular flexibility index (Phi) is 5.54. The summed E-state index contributed by atoms with van der Waals surface area (Å²) in [4.78, 5) is 30.9. The van der Waals surface area contributed by atoms with Crippen LogP contribution < -0.4 is 10.3 Å². The minimum absolute atomic E-state index is 0.0371. The number of aromatic nitrogens is 2. The van der Waals surface area contributed by atoms with Gasteiger partial charge in [-0.2, -0.15) is 0 Å². The van der Waals surface area contributed by atoms with Crippen LogP contribution in [0.1, 0.15) is 30.9 Å². The maximum Gasteiger partial charge on any atom is 0.303 e. The van der Waals surface area contributed by atoms with Crippen molar-refractivity contribution in [3.63, 3.8) is 0 Å². The van der Waals surface area contributed by atoms with E-state index in [0.29, 0.717) is 41.1 Å². The minimum atomic E-state index is -0.851. The largest absolute Gasteiger partial charge is 0.493 e. The maximum absolute atomic E-state index is 12.5. The van der Waals surface area contributed by atoms with E-state index in [0.717, 1.165) is 17.5 Å². The molecule has 0 radical (unpaired) electrons. The fourth-order valence-electron chi connectivity index (χ4n) is 2.94. The molecule has 0 saturated heterocycles. The molecule has 0 aliphatic rings. The van der Waals surface area contributed by atoms with E-state index in [9.17, 15) is 9.59 Å². The van der Waals surface area contributed by atoms with Gasteiger partial charge in [-0.3, -0.25) is 9.59 Å². The molecule has 0 aliphatic carbocycles. The number of aliphatic carboxylic acids is 1. The van der Waals surface area contributed by atoms with Gasteiger partial charge in [-0.15, -0.1) is 0 Å². The third-order valence-electron chi connectivity index (χ3n) is 4.33. The van der Waals surface area contributed by atoms with E-state index in [1.54, 1.807) is 6.07 Å². The van der Waals surface area contributed by atoms with E-state index in [4.69, 9.17) is 9.84 Å². The molecule has 27 heavy (non-hydrogen) atoms. The minimum Gasteiger partial charge on any atom is -0.493 e. The summed E-state index contributed by atoms with van der Waals surface area (Å²) in [6, 6.07) is 11.0. The van der Waals surface area contributed by atoms with Crippen molar-refractivity contribution in [2.75, 3.05) is 6.61 Å². The number of hydrogen-bond donors (Lipinski definition) is 2. The maximum atomic E-state index is 12.5. The van der Waals surface area contributed by atoms with E-state index in [-0.39, 0.29) is 12.0 Å². The quantitative estimate of drug-likeness (QED) is 0.665. The Morgan fingerprint density at radius 3 is 2.81 bits per heavy atom. The lowest BCUT2D eigenvalue weighted by atomic mass is 10.0. The summed E-state index contributed by atoms with van der Waals surface area (Å²) < 4.78 is 5.83. The van der Waals surface area contributed by atoms with Gasteiger partial charge in [-0.05, 0) is 49.1 Å². The highest BCUT2D eigenvalue weighted by Gasteiger charge is 2.14. The molecule has 0 amide bonds. The van der Waals surface area contributed by atoms with E-state index in [2.05, 4.69) is 9.97 Å². The number of para-hydroxylation sites is 1. The second-order valence-corrected chi connectivity index (χ2v) is 6.46. The molecule has 1 heterocycles. The number of aromatic amines is 1. The smallest absolute Gasteiger partial charge is 0.303 e. The number of nitrogens with zero attached hydrogens (tertiary/aromatic N) is 1. The summed E-state index contributed by atoms with van der Waals surface area (Å²) in [6.45, 7) is 4.47. The van der Waals surface area contributed by atoms with Crippen LogP contribution in [0.5, 0.6) is 5.75 Å². The molecule has 0 bridgehead atoms. The summed E-state index contributed by atoms with van der Waals surface area (Å²) in [5, 5.41) is 9.47. The topological polar surface area (TPSA) is 92.3 Å². The van der Waals surface area contributed by atoms with Gasteiger partial charge in [0.1, 0.15) is 11.6 Å². The van der Waals surface area contributed by atoms with Gasteiger partial charge >= 0.3 is 5.97 Å². The molecule has 2 N–H and O–H groups in total. The molecule has 1 aromatic heterocycles. The molecule has 0 fully saturated rings. The van der Waals surface area contributed by atoms with Crippen molar-refractivity contribution in [2.24, 2.45) is 0 Å². The third-order valence-corrected chi connectivity index (χ3v) is 4.33. The number of aryl methyl sites for hydroxylation is 2. The molecule has 6 heteroatoms. The number of H-pyrrole nitrogens is 1. The molecule has 0 saturated carbocycles. The normalized spacial score (nSPS) is 10.9. The first-order chi connectivity index (χ1) is 13.0. The number of fused-ring (bicyclic) bond motifs is 1. The van der Waals surface area contributed by atoms with E-state index in [1.807, 2.05) is 44.2 Å². The van der Waals surface area contributed by atoms with Gasteiger partial charge < -0.3 is 14.8 Å². The van der Waals surface area contributed by atoms with E-state index in [1.165, 1.54) is 0 Å². The van der Waals surface area contributed by atoms with Crippen LogP contribution in [0.2, 0.25) is 0 Å².